The van der Waals surface area contributed by atoms with Gasteiger partial charge in [0.05, 0.1) is 7.11 Å². The SMILES string of the molecule is COc1ccc(Cl)cc1C(CN)CN1CCC(C)CC1. The average molecular weight is 297 g/mol. The van der Waals surface area contributed by atoms with E-state index in [1.165, 1.54) is 25.9 Å². The molecule has 1 saturated heterocycles. The predicted molar refractivity (Wildman–Crippen MR) is 84.6 cm³/mol. The van der Waals surface area contributed by atoms with Crippen LogP contribution in [0, 0.1) is 5.92 Å². The van der Waals surface area contributed by atoms with Crippen molar-refractivity contribution < 1.29 is 4.74 Å². The quantitative estimate of drug-likeness (QED) is 0.907. The van der Waals surface area contributed by atoms with E-state index in [2.05, 4.69) is 11.8 Å². The van der Waals surface area contributed by atoms with Crippen molar-refractivity contribution in [3.63, 3.8) is 0 Å². The van der Waals surface area contributed by atoms with Crippen molar-refractivity contribution in [2.75, 3.05) is 33.3 Å². The summed E-state index contributed by atoms with van der Waals surface area (Å²) in [5.74, 6) is 2.01. The van der Waals surface area contributed by atoms with Crippen LogP contribution in [0.4, 0.5) is 0 Å². The third kappa shape index (κ3) is 3.87. The van der Waals surface area contributed by atoms with Gasteiger partial charge in [-0.25, -0.2) is 0 Å². The number of nitrogens with two attached hydrogens (primary N) is 1. The molecule has 0 saturated carbocycles. The van der Waals surface area contributed by atoms with E-state index in [0.717, 1.165) is 28.8 Å². The molecule has 1 heterocycles. The van der Waals surface area contributed by atoms with E-state index in [0.29, 0.717) is 6.54 Å². The maximum Gasteiger partial charge on any atom is 0.122 e. The van der Waals surface area contributed by atoms with Gasteiger partial charge in [0.25, 0.3) is 0 Å². The third-order valence-electron chi connectivity index (χ3n) is 4.27. The monoisotopic (exact) mass is 296 g/mol. The van der Waals surface area contributed by atoms with Crippen LogP contribution in [0.5, 0.6) is 5.75 Å². The molecule has 0 aromatic heterocycles. The van der Waals surface area contributed by atoms with E-state index in [1.54, 1.807) is 7.11 Å². The highest BCUT2D eigenvalue weighted by molar-refractivity contribution is 6.30. The van der Waals surface area contributed by atoms with Crippen LogP contribution in [0.25, 0.3) is 0 Å². The number of halogens is 1. The molecule has 2 rings (SSSR count). The molecule has 1 fully saturated rings. The average Bonchev–Trinajstić information content (AvgIpc) is 2.46. The van der Waals surface area contributed by atoms with Crippen molar-refractivity contribution >= 4 is 11.6 Å². The minimum absolute atomic E-state index is 0.275. The fourth-order valence-electron chi connectivity index (χ4n) is 2.88. The molecule has 1 aromatic rings. The zero-order valence-corrected chi connectivity index (χ0v) is 13.2. The Morgan fingerprint density at radius 2 is 2.10 bits per heavy atom. The Morgan fingerprint density at radius 1 is 1.40 bits per heavy atom. The maximum absolute atomic E-state index is 6.13. The smallest absolute Gasteiger partial charge is 0.122 e. The standard InChI is InChI=1S/C16H25ClN2O/c1-12-5-7-19(8-6-12)11-13(10-18)15-9-14(17)3-4-16(15)20-2/h3-4,9,12-13H,5-8,10-11,18H2,1-2H3. The largest absolute Gasteiger partial charge is 0.496 e. The predicted octanol–water partition coefficient (Wildman–Crippen LogP) is 3.12. The Balaban J connectivity index is 2.09. The van der Waals surface area contributed by atoms with Crippen molar-refractivity contribution in [2.45, 2.75) is 25.7 Å². The number of hydrogen-bond donors (Lipinski definition) is 1. The number of benzene rings is 1. The molecule has 20 heavy (non-hydrogen) atoms. The van der Waals surface area contributed by atoms with Gasteiger partial charge in [-0.3, -0.25) is 0 Å². The van der Waals surface area contributed by atoms with Gasteiger partial charge in [0.15, 0.2) is 0 Å². The van der Waals surface area contributed by atoms with Gasteiger partial charge in [0.2, 0.25) is 0 Å². The number of piperidine rings is 1. The number of hydrogen-bond acceptors (Lipinski definition) is 3. The zero-order chi connectivity index (χ0) is 14.5. The van der Waals surface area contributed by atoms with Gasteiger partial charge in [-0.05, 0) is 50.0 Å². The fourth-order valence-corrected chi connectivity index (χ4v) is 3.06. The Bertz CT molecular complexity index is 430. The lowest BCUT2D eigenvalue weighted by Crippen LogP contribution is -2.37. The van der Waals surface area contributed by atoms with Crippen LogP contribution >= 0.6 is 11.6 Å². The summed E-state index contributed by atoms with van der Waals surface area (Å²) < 4.78 is 5.46. The van der Waals surface area contributed by atoms with Crippen molar-refractivity contribution in [1.29, 1.82) is 0 Å². The van der Waals surface area contributed by atoms with Crippen LogP contribution in [0.2, 0.25) is 5.02 Å². The molecule has 1 aliphatic rings. The van der Waals surface area contributed by atoms with E-state index in [-0.39, 0.29) is 5.92 Å². The molecular formula is C16H25ClN2O. The zero-order valence-electron chi connectivity index (χ0n) is 12.4. The first kappa shape index (κ1) is 15.6. The molecule has 1 aliphatic heterocycles. The molecule has 3 nitrogen and oxygen atoms in total. The molecule has 1 atom stereocenters. The van der Waals surface area contributed by atoms with Crippen molar-refractivity contribution in [3.8, 4) is 5.75 Å². The fraction of sp³-hybridized carbons (Fsp3) is 0.625. The van der Waals surface area contributed by atoms with E-state index in [9.17, 15) is 0 Å². The normalized spacial score (nSPS) is 19.0. The highest BCUT2D eigenvalue weighted by Crippen LogP contribution is 2.30. The maximum atomic E-state index is 6.13. The summed E-state index contributed by atoms with van der Waals surface area (Å²) in [7, 11) is 1.70. The number of methoxy groups -OCH3 is 1. The first-order valence-electron chi connectivity index (χ1n) is 7.40. The minimum atomic E-state index is 0.275. The highest BCUT2D eigenvalue weighted by Gasteiger charge is 2.22. The van der Waals surface area contributed by atoms with Crippen LogP contribution in [0.3, 0.4) is 0 Å². The highest BCUT2D eigenvalue weighted by atomic mass is 35.5. The van der Waals surface area contributed by atoms with Gasteiger partial charge in [-0.15, -0.1) is 0 Å². The van der Waals surface area contributed by atoms with Gasteiger partial charge in [-0.2, -0.15) is 0 Å². The van der Waals surface area contributed by atoms with Crippen LogP contribution < -0.4 is 10.5 Å². The summed E-state index contributed by atoms with van der Waals surface area (Å²) >= 11 is 6.13. The Morgan fingerprint density at radius 3 is 2.70 bits per heavy atom. The molecule has 0 aliphatic carbocycles. The molecule has 0 amide bonds. The number of ether oxygens (including phenoxy) is 1. The van der Waals surface area contributed by atoms with Gasteiger partial charge in [0.1, 0.15) is 5.75 Å². The summed E-state index contributed by atoms with van der Waals surface area (Å²) in [6.07, 6.45) is 2.56. The lowest BCUT2D eigenvalue weighted by atomic mass is 9.94. The Labute approximate surface area is 127 Å². The lowest BCUT2D eigenvalue weighted by Gasteiger charge is -2.33. The molecule has 0 bridgehead atoms. The summed E-state index contributed by atoms with van der Waals surface area (Å²) in [5, 5.41) is 0.742. The number of likely N-dealkylation sites (tertiary alicyclic amines) is 1. The van der Waals surface area contributed by atoms with Crippen LogP contribution in [-0.4, -0.2) is 38.2 Å². The second-order valence-corrected chi connectivity index (χ2v) is 6.24. The second-order valence-electron chi connectivity index (χ2n) is 5.80. The third-order valence-corrected chi connectivity index (χ3v) is 4.51. The molecule has 112 valence electrons. The Hall–Kier alpha value is -0.770. The Kier molecular flexibility index (Phi) is 5.70. The lowest BCUT2D eigenvalue weighted by molar-refractivity contribution is 0.182. The summed E-state index contributed by atoms with van der Waals surface area (Å²) in [6, 6.07) is 5.78. The second kappa shape index (κ2) is 7.30. The van der Waals surface area contributed by atoms with Crippen molar-refractivity contribution in [3.05, 3.63) is 28.8 Å². The topological polar surface area (TPSA) is 38.5 Å². The van der Waals surface area contributed by atoms with E-state index < -0.39 is 0 Å². The summed E-state index contributed by atoms with van der Waals surface area (Å²) in [6.45, 7) is 6.27. The van der Waals surface area contributed by atoms with Crippen LogP contribution in [0.1, 0.15) is 31.2 Å². The van der Waals surface area contributed by atoms with E-state index in [1.807, 2.05) is 18.2 Å². The molecule has 1 aromatic carbocycles. The summed E-state index contributed by atoms with van der Waals surface area (Å²) in [4.78, 5) is 2.51. The van der Waals surface area contributed by atoms with Gasteiger partial charge in [-0.1, -0.05) is 18.5 Å². The number of rotatable bonds is 5. The molecule has 0 spiro atoms. The molecule has 0 radical (unpaired) electrons. The molecule has 1 unspecified atom stereocenters. The minimum Gasteiger partial charge on any atom is -0.496 e. The number of nitrogens with zero attached hydrogens (tertiary/aromatic N) is 1. The summed E-state index contributed by atoms with van der Waals surface area (Å²) in [5.41, 5.74) is 7.12. The van der Waals surface area contributed by atoms with Crippen LogP contribution in [-0.2, 0) is 0 Å². The first-order valence-corrected chi connectivity index (χ1v) is 7.77. The molecule has 4 heteroatoms. The van der Waals surface area contributed by atoms with Gasteiger partial charge < -0.3 is 15.4 Å². The van der Waals surface area contributed by atoms with Gasteiger partial charge in [0, 0.05) is 29.6 Å². The molecule has 2 N–H and O–H groups in total. The van der Waals surface area contributed by atoms with E-state index >= 15 is 0 Å². The first-order chi connectivity index (χ1) is 9.63. The van der Waals surface area contributed by atoms with Crippen molar-refractivity contribution in [1.82, 2.24) is 4.90 Å². The van der Waals surface area contributed by atoms with Gasteiger partial charge >= 0.3 is 0 Å². The van der Waals surface area contributed by atoms with Crippen molar-refractivity contribution in [2.24, 2.45) is 11.7 Å². The van der Waals surface area contributed by atoms with Crippen LogP contribution in [0.15, 0.2) is 18.2 Å². The molecular weight excluding hydrogens is 272 g/mol. The van der Waals surface area contributed by atoms with E-state index in [4.69, 9.17) is 22.1 Å².